The molecule has 0 unspecified atom stereocenters. The molecule has 7 nitrogen and oxygen atoms in total. The van der Waals surface area contributed by atoms with Crippen LogP contribution in [-0.2, 0) is 6.61 Å². The lowest BCUT2D eigenvalue weighted by Gasteiger charge is -2.10. The first-order chi connectivity index (χ1) is 13.7. The summed E-state index contributed by atoms with van der Waals surface area (Å²) in [5.74, 6) is 1.72. The molecule has 0 aliphatic rings. The summed E-state index contributed by atoms with van der Waals surface area (Å²) in [4.78, 5) is 8.80. The Balaban J connectivity index is 1.46. The minimum Gasteiger partial charge on any atom is -0.489 e. The topological polar surface area (TPSA) is 102 Å². The molecule has 0 spiro atoms. The lowest BCUT2D eigenvalue weighted by Crippen LogP contribution is -2.02. The summed E-state index contributed by atoms with van der Waals surface area (Å²) in [6.45, 7) is 2.40. The van der Waals surface area contributed by atoms with Gasteiger partial charge >= 0.3 is 0 Å². The average Bonchev–Trinajstić information content (AvgIpc) is 3.14. The number of aromatic nitrogens is 4. The first kappa shape index (κ1) is 17.5. The van der Waals surface area contributed by atoms with Crippen molar-refractivity contribution in [1.82, 2.24) is 20.2 Å². The molecule has 0 radical (unpaired) electrons. The predicted molar refractivity (Wildman–Crippen MR) is 109 cm³/mol. The molecule has 140 valence electrons. The Hall–Kier alpha value is -3.87. The van der Waals surface area contributed by atoms with E-state index >= 15 is 0 Å². The SMILES string of the molecule is Cc1cc(-c2ncc(Nc3cccc(COc4ccccc4)c3)nc2N)n[nH]1. The molecule has 0 saturated heterocycles. The van der Waals surface area contributed by atoms with Crippen molar-refractivity contribution in [3.63, 3.8) is 0 Å². The van der Waals surface area contributed by atoms with E-state index in [1.54, 1.807) is 6.20 Å². The van der Waals surface area contributed by atoms with E-state index in [1.807, 2.05) is 67.6 Å². The van der Waals surface area contributed by atoms with Crippen molar-refractivity contribution in [2.24, 2.45) is 0 Å². The zero-order valence-corrected chi connectivity index (χ0v) is 15.4. The first-order valence-electron chi connectivity index (χ1n) is 8.86. The minimum atomic E-state index is 0.320. The molecule has 2 aromatic carbocycles. The highest BCUT2D eigenvalue weighted by Crippen LogP contribution is 2.23. The summed E-state index contributed by atoms with van der Waals surface area (Å²) in [7, 11) is 0. The lowest BCUT2D eigenvalue weighted by molar-refractivity contribution is 0.306. The van der Waals surface area contributed by atoms with E-state index in [-0.39, 0.29) is 0 Å². The van der Waals surface area contributed by atoms with Gasteiger partial charge in [0.1, 0.15) is 23.7 Å². The standard InChI is InChI=1S/C21H20N6O/c1-14-10-18(27-26-14)20-21(22)25-19(12-23-20)24-16-7-5-6-15(11-16)13-28-17-8-3-2-4-9-17/h2-12H,13H2,1H3,(H,26,27)(H3,22,24,25). The van der Waals surface area contributed by atoms with Crippen LogP contribution in [0.4, 0.5) is 17.3 Å². The van der Waals surface area contributed by atoms with Crippen molar-refractivity contribution in [1.29, 1.82) is 0 Å². The second-order valence-electron chi connectivity index (χ2n) is 6.35. The van der Waals surface area contributed by atoms with Crippen molar-refractivity contribution < 1.29 is 4.74 Å². The maximum atomic E-state index is 6.07. The van der Waals surface area contributed by atoms with Gasteiger partial charge in [-0.1, -0.05) is 30.3 Å². The van der Waals surface area contributed by atoms with Gasteiger partial charge in [0.15, 0.2) is 11.6 Å². The monoisotopic (exact) mass is 372 g/mol. The molecule has 7 heteroatoms. The molecule has 2 heterocycles. The number of nitrogens with zero attached hydrogens (tertiary/aromatic N) is 3. The molecule has 4 rings (SSSR count). The van der Waals surface area contributed by atoms with Crippen molar-refractivity contribution in [2.45, 2.75) is 13.5 Å². The fourth-order valence-corrected chi connectivity index (χ4v) is 2.77. The van der Waals surface area contributed by atoms with Gasteiger partial charge in [-0.2, -0.15) is 5.10 Å². The Bertz CT molecular complexity index is 1080. The smallest absolute Gasteiger partial charge is 0.154 e. The number of anilines is 3. The van der Waals surface area contributed by atoms with Gasteiger partial charge in [0, 0.05) is 11.4 Å². The number of hydrogen-bond acceptors (Lipinski definition) is 6. The van der Waals surface area contributed by atoms with Gasteiger partial charge in [0.25, 0.3) is 0 Å². The van der Waals surface area contributed by atoms with Gasteiger partial charge < -0.3 is 15.8 Å². The largest absolute Gasteiger partial charge is 0.489 e. The Morgan fingerprint density at radius 3 is 2.68 bits per heavy atom. The van der Waals surface area contributed by atoms with Crippen LogP contribution in [0.1, 0.15) is 11.3 Å². The molecular formula is C21H20N6O. The highest BCUT2D eigenvalue weighted by molar-refractivity contribution is 5.69. The minimum absolute atomic E-state index is 0.320. The van der Waals surface area contributed by atoms with Crippen molar-refractivity contribution >= 4 is 17.3 Å². The number of H-pyrrole nitrogens is 1. The first-order valence-corrected chi connectivity index (χ1v) is 8.86. The van der Waals surface area contributed by atoms with Gasteiger partial charge in [-0.25, -0.2) is 9.97 Å². The number of ether oxygens (including phenoxy) is 1. The van der Waals surface area contributed by atoms with Crippen LogP contribution in [0.3, 0.4) is 0 Å². The zero-order valence-electron chi connectivity index (χ0n) is 15.4. The van der Waals surface area contributed by atoms with Crippen LogP contribution >= 0.6 is 0 Å². The third kappa shape index (κ3) is 4.09. The van der Waals surface area contributed by atoms with Crippen LogP contribution in [0.2, 0.25) is 0 Å². The third-order valence-corrected chi connectivity index (χ3v) is 4.10. The summed E-state index contributed by atoms with van der Waals surface area (Å²) >= 11 is 0. The van der Waals surface area contributed by atoms with E-state index < -0.39 is 0 Å². The molecule has 0 amide bonds. The van der Waals surface area contributed by atoms with Crippen molar-refractivity contribution in [2.75, 3.05) is 11.1 Å². The molecule has 0 atom stereocenters. The normalized spacial score (nSPS) is 10.6. The summed E-state index contributed by atoms with van der Waals surface area (Å²) in [6.07, 6.45) is 1.64. The Morgan fingerprint density at radius 1 is 1.07 bits per heavy atom. The molecule has 0 aliphatic carbocycles. The van der Waals surface area contributed by atoms with Gasteiger partial charge in [-0.3, -0.25) is 5.10 Å². The second kappa shape index (κ2) is 7.79. The Labute approximate surface area is 162 Å². The Morgan fingerprint density at radius 2 is 1.93 bits per heavy atom. The van der Waals surface area contributed by atoms with Crippen molar-refractivity contribution in [3.05, 3.63) is 78.1 Å². The quantitative estimate of drug-likeness (QED) is 0.471. The van der Waals surface area contributed by atoms with Crippen LogP contribution < -0.4 is 15.8 Å². The molecule has 0 bridgehead atoms. The molecule has 0 saturated carbocycles. The van der Waals surface area contributed by atoms with Gasteiger partial charge in [0.2, 0.25) is 0 Å². The predicted octanol–water partition coefficient (Wildman–Crippen LogP) is 4.08. The van der Waals surface area contributed by atoms with E-state index in [0.717, 1.165) is 22.7 Å². The van der Waals surface area contributed by atoms with E-state index in [0.29, 0.717) is 29.6 Å². The third-order valence-electron chi connectivity index (χ3n) is 4.10. The molecule has 0 aliphatic heterocycles. The van der Waals surface area contributed by atoms with E-state index in [9.17, 15) is 0 Å². The van der Waals surface area contributed by atoms with Crippen LogP contribution in [0.5, 0.6) is 5.75 Å². The fraction of sp³-hybridized carbons (Fsp3) is 0.0952. The number of benzene rings is 2. The maximum absolute atomic E-state index is 6.07. The van der Waals surface area contributed by atoms with E-state index in [1.165, 1.54) is 0 Å². The number of nitrogens with two attached hydrogens (primary N) is 1. The second-order valence-corrected chi connectivity index (χ2v) is 6.35. The Kier molecular flexibility index (Phi) is 4.88. The van der Waals surface area contributed by atoms with Gasteiger partial charge in [-0.15, -0.1) is 0 Å². The summed E-state index contributed by atoms with van der Waals surface area (Å²) in [6, 6.07) is 19.5. The molecule has 28 heavy (non-hydrogen) atoms. The number of aryl methyl sites for hydroxylation is 1. The van der Waals surface area contributed by atoms with Crippen LogP contribution in [0, 0.1) is 6.92 Å². The summed E-state index contributed by atoms with van der Waals surface area (Å²) < 4.78 is 5.80. The van der Waals surface area contributed by atoms with Crippen molar-refractivity contribution in [3.8, 4) is 17.1 Å². The molecule has 4 aromatic rings. The van der Waals surface area contributed by atoms with Crippen LogP contribution in [-0.4, -0.2) is 20.2 Å². The molecule has 2 aromatic heterocycles. The maximum Gasteiger partial charge on any atom is 0.154 e. The zero-order chi connectivity index (χ0) is 19.3. The van der Waals surface area contributed by atoms with Gasteiger partial charge in [0.05, 0.1) is 6.20 Å². The van der Waals surface area contributed by atoms with E-state index in [2.05, 4.69) is 25.5 Å². The lowest BCUT2D eigenvalue weighted by atomic mass is 10.2. The highest BCUT2D eigenvalue weighted by Gasteiger charge is 2.10. The number of nitrogen functional groups attached to an aromatic ring is 1. The number of nitrogens with one attached hydrogen (secondary N) is 2. The highest BCUT2D eigenvalue weighted by atomic mass is 16.5. The summed E-state index contributed by atoms with van der Waals surface area (Å²) in [5.41, 5.74) is 10.2. The number of rotatable bonds is 6. The number of hydrogen-bond donors (Lipinski definition) is 3. The summed E-state index contributed by atoms with van der Waals surface area (Å²) in [5, 5.41) is 10.3. The fourth-order valence-electron chi connectivity index (χ4n) is 2.77. The van der Waals surface area contributed by atoms with Crippen LogP contribution in [0.15, 0.2) is 66.9 Å². The van der Waals surface area contributed by atoms with E-state index in [4.69, 9.17) is 10.5 Å². The molecule has 0 fully saturated rings. The average molecular weight is 372 g/mol. The van der Waals surface area contributed by atoms with Crippen LogP contribution in [0.25, 0.3) is 11.4 Å². The van der Waals surface area contributed by atoms with Gasteiger partial charge in [-0.05, 0) is 42.8 Å². The number of para-hydroxylation sites is 1. The number of aromatic amines is 1. The molecule has 4 N–H and O–H groups in total. The molecular weight excluding hydrogens is 352 g/mol.